The third kappa shape index (κ3) is 1.88. The number of benzene rings is 1. The Labute approximate surface area is 86.4 Å². The van der Waals surface area contributed by atoms with Gasteiger partial charge in [-0.05, 0) is 24.1 Å². The van der Waals surface area contributed by atoms with Crippen molar-refractivity contribution in [3.63, 3.8) is 0 Å². The first-order chi connectivity index (χ1) is 6.66. The van der Waals surface area contributed by atoms with Crippen LogP contribution in [0.25, 0.3) is 0 Å². The van der Waals surface area contributed by atoms with Crippen LogP contribution in [0.4, 0.5) is 4.39 Å². The van der Waals surface area contributed by atoms with Crippen LogP contribution in [0.2, 0.25) is 5.02 Å². The number of hydrazine groups is 1. The van der Waals surface area contributed by atoms with Crippen LogP contribution in [-0.2, 0) is 0 Å². The second-order valence-electron chi connectivity index (χ2n) is 3.36. The monoisotopic (exact) mass is 215 g/mol. The smallest absolute Gasteiger partial charge is 0.141 e. The number of hydrogen-bond donors (Lipinski definition) is 3. The number of hydrogen-bond acceptors (Lipinski definition) is 3. The molecule has 14 heavy (non-hydrogen) atoms. The fraction of sp³-hybridized carbons (Fsp3) is 0.333. The third-order valence-corrected chi connectivity index (χ3v) is 2.57. The number of rotatable bonds is 1. The van der Waals surface area contributed by atoms with Gasteiger partial charge in [-0.15, -0.1) is 0 Å². The Bertz CT molecular complexity index is 345. The molecule has 0 aromatic heterocycles. The lowest BCUT2D eigenvalue weighted by Crippen LogP contribution is -2.36. The van der Waals surface area contributed by atoms with Gasteiger partial charge in [0.25, 0.3) is 0 Å². The van der Waals surface area contributed by atoms with Crippen LogP contribution in [-0.4, -0.2) is 6.17 Å². The fourth-order valence-electron chi connectivity index (χ4n) is 1.53. The summed E-state index contributed by atoms with van der Waals surface area (Å²) in [5.41, 5.74) is 12.5. The van der Waals surface area contributed by atoms with Crippen molar-refractivity contribution in [1.82, 2.24) is 10.9 Å². The Balaban J connectivity index is 2.20. The zero-order valence-electron chi connectivity index (χ0n) is 7.43. The summed E-state index contributed by atoms with van der Waals surface area (Å²) < 4.78 is 12.9. The van der Waals surface area contributed by atoms with Crippen molar-refractivity contribution in [1.29, 1.82) is 0 Å². The summed E-state index contributed by atoms with van der Waals surface area (Å²) in [6.45, 7) is 0. The molecule has 0 amide bonds. The summed E-state index contributed by atoms with van der Waals surface area (Å²) in [6, 6.07) is 4.79. The van der Waals surface area contributed by atoms with Crippen LogP contribution in [0.15, 0.2) is 18.2 Å². The predicted molar refractivity (Wildman–Crippen MR) is 53.0 cm³/mol. The normalized spacial score (nSPS) is 26.8. The van der Waals surface area contributed by atoms with E-state index in [0.29, 0.717) is 0 Å². The first-order valence-corrected chi connectivity index (χ1v) is 4.76. The molecule has 0 radical (unpaired) electrons. The van der Waals surface area contributed by atoms with Gasteiger partial charge in [-0.1, -0.05) is 17.7 Å². The maximum Gasteiger partial charge on any atom is 0.141 e. The average molecular weight is 216 g/mol. The van der Waals surface area contributed by atoms with Crippen LogP contribution in [0.5, 0.6) is 0 Å². The third-order valence-electron chi connectivity index (χ3n) is 2.28. The summed E-state index contributed by atoms with van der Waals surface area (Å²) in [6.07, 6.45) is 0.700. The highest BCUT2D eigenvalue weighted by Gasteiger charge is 2.22. The highest BCUT2D eigenvalue weighted by Crippen LogP contribution is 2.24. The minimum Gasteiger partial charge on any atom is -0.315 e. The molecule has 0 spiro atoms. The van der Waals surface area contributed by atoms with Gasteiger partial charge in [0, 0.05) is 6.04 Å². The van der Waals surface area contributed by atoms with Crippen molar-refractivity contribution >= 4 is 11.6 Å². The summed E-state index contributed by atoms with van der Waals surface area (Å²) >= 11 is 5.67. The van der Waals surface area contributed by atoms with Crippen LogP contribution < -0.4 is 16.6 Å². The second kappa shape index (κ2) is 3.82. The van der Waals surface area contributed by atoms with E-state index in [2.05, 4.69) is 10.9 Å². The standard InChI is InChI=1S/C9H11ClFN3/c10-6-3-5(1-2-7(6)11)8-4-9(12)14-13-8/h1-3,8-9,13-14H,4,12H2. The number of halogens is 2. The van der Waals surface area contributed by atoms with Crippen molar-refractivity contribution in [3.05, 3.63) is 34.6 Å². The molecule has 5 heteroatoms. The summed E-state index contributed by atoms with van der Waals surface area (Å²) in [7, 11) is 0. The second-order valence-corrected chi connectivity index (χ2v) is 3.76. The molecular formula is C9H11ClFN3. The van der Waals surface area contributed by atoms with E-state index in [9.17, 15) is 4.39 Å². The average Bonchev–Trinajstić information content (AvgIpc) is 2.57. The molecule has 3 nitrogen and oxygen atoms in total. The van der Waals surface area contributed by atoms with Crippen molar-refractivity contribution in [2.24, 2.45) is 5.73 Å². The molecule has 1 aliphatic rings. The molecule has 1 aliphatic heterocycles. The number of nitrogens with one attached hydrogen (secondary N) is 2. The van der Waals surface area contributed by atoms with Crippen molar-refractivity contribution in [2.75, 3.05) is 0 Å². The summed E-state index contributed by atoms with van der Waals surface area (Å²) in [5.74, 6) is -0.398. The molecule has 1 saturated heterocycles. The molecule has 4 N–H and O–H groups in total. The van der Waals surface area contributed by atoms with Gasteiger partial charge in [0.2, 0.25) is 0 Å². The lowest BCUT2D eigenvalue weighted by atomic mass is 10.0. The van der Waals surface area contributed by atoms with Crippen molar-refractivity contribution < 1.29 is 4.39 Å². The molecule has 0 aliphatic carbocycles. The Morgan fingerprint density at radius 3 is 2.79 bits per heavy atom. The van der Waals surface area contributed by atoms with Gasteiger partial charge < -0.3 is 5.73 Å². The van der Waals surface area contributed by atoms with Gasteiger partial charge in [0.1, 0.15) is 5.82 Å². The van der Waals surface area contributed by atoms with Gasteiger partial charge in [-0.2, -0.15) is 0 Å². The highest BCUT2D eigenvalue weighted by molar-refractivity contribution is 6.30. The molecule has 1 heterocycles. The molecule has 1 aromatic rings. The maximum absolute atomic E-state index is 12.9. The van der Waals surface area contributed by atoms with Gasteiger partial charge in [0.15, 0.2) is 0 Å². The fourth-order valence-corrected chi connectivity index (χ4v) is 1.72. The lowest BCUT2D eigenvalue weighted by Gasteiger charge is -2.09. The van der Waals surface area contributed by atoms with E-state index in [1.54, 1.807) is 12.1 Å². The van der Waals surface area contributed by atoms with Crippen molar-refractivity contribution in [3.8, 4) is 0 Å². The Hall–Kier alpha value is -0.680. The Morgan fingerprint density at radius 2 is 2.21 bits per heavy atom. The van der Waals surface area contributed by atoms with E-state index < -0.39 is 5.82 Å². The first kappa shape index (κ1) is 9.86. The molecule has 76 valence electrons. The molecule has 0 saturated carbocycles. The van der Waals surface area contributed by atoms with Gasteiger partial charge in [0.05, 0.1) is 11.2 Å². The quantitative estimate of drug-likeness (QED) is 0.662. The molecule has 1 fully saturated rings. The van der Waals surface area contributed by atoms with Gasteiger partial charge >= 0.3 is 0 Å². The molecule has 2 atom stereocenters. The van der Waals surface area contributed by atoms with E-state index >= 15 is 0 Å². The largest absolute Gasteiger partial charge is 0.315 e. The molecule has 2 rings (SSSR count). The lowest BCUT2D eigenvalue weighted by molar-refractivity contribution is 0.551. The summed E-state index contributed by atoms with van der Waals surface area (Å²) in [4.78, 5) is 0. The van der Waals surface area contributed by atoms with Gasteiger partial charge in [-0.25, -0.2) is 15.2 Å². The van der Waals surface area contributed by atoms with Crippen LogP contribution >= 0.6 is 11.6 Å². The first-order valence-electron chi connectivity index (χ1n) is 4.38. The van der Waals surface area contributed by atoms with E-state index in [0.717, 1.165) is 12.0 Å². The highest BCUT2D eigenvalue weighted by atomic mass is 35.5. The van der Waals surface area contributed by atoms with E-state index in [1.807, 2.05) is 0 Å². The predicted octanol–water partition coefficient (Wildman–Crippen LogP) is 1.30. The molecule has 2 unspecified atom stereocenters. The maximum atomic E-state index is 12.9. The van der Waals surface area contributed by atoms with Gasteiger partial charge in [-0.3, -0.25) is 0 Å². The van der Waals surface area contributed by atoms with Crippen LogP contribution in [0.3, 0.4) is 0 Å². The Morgan fingerprint density at radius 1 is 1.43 bits per heavy atom. The SMILES string of the molecule is NC1CC(c2ccc(F)c(Cl)c2)NN1. The zero-order chi connectivity index (χ0) is 10.1. The topological polar surface area (TPSA) is 50.1 Å². The van der Waals surface area contributed by atoms with Crippen LogP contribution in [0, 0.1) is 5.82 Å². The molecule has 1 aromatic carbocycles. The number of nitrogens with two attached hydrogens (primary N) is 1. The molecular weight excluding hydrogens is 205 g/mol. The van der Waals surface area contributed by atoms with E-state index in [4.69, 9.17) is 17.3 Å². The zero-order valence-corrected chi connectivity index (χ0v) is 8.18. The minimum absolute atomic E-state index is 0.0659. The van der Waals surface area contributed by atoms with Crippen molar-refractivity contribution in [2.45, 2.75) is 18.6 Å². The minimum atomic E-state index is -0.398. The molecule has 0 bridgehead atoms. The van der Waals surface area contributed by atoms with E-state index in [1.165, 1.54) is 6.07 Å². The Kier molecular flexibility index (Phi) is 2.69. The summed E-state index contributed by atoms with van der Waals surface area (Å²) in [5, 5.41) is 0.143. The van der Waals surface area contributed by atoms with Crippen LogP contribution in [0.1, 0.15) is 18.0 Å². The van der Waals surface area contributed by atoms with E-state index in [-0.39, 0.29) is 17.2 Å².